The van der Waals surface area contributed by atoms with Crippen molar-refractivity contribution >= 4 is 17.0 Å². The van der Waals surface area contributed by atoms with Gasteiger partial charge in [-0.15, -0.1) is 11.3 Å². The minimum atomic E-state index is 0.578. The van der Waals surface area contributed by atoms with E-state index < -0.39 is 0 Å². The molecule has 0 saturated heterocycles. The molecule has 5 heteroatoms. The molecule has 0 fully saturated rings. The third-order valence-electron chi connectivity index (χ3n) is 2.45. The van der Waals surface area contributed by atoms with Crippen molar-refractivity contribution in [3.05, 3.63) is 22.5 Å². The van der Waals surface area contributed by atoms with Crippen LogP contribution in [0.4, 0.5) is 5.69 Å². The van der Waals surface area contributed by atoms with Crippen molar-refractivity contribution in [3.8, 4) is 22.8 Å². The minimum Gasteiger partial charge on any atom is -0.496 e. The number of benzene rings is 1. The molecule has 0 radical (unpaired) electrons. The van der Waals surface area contributed by atoms with Crippen molar-refractivity contribution in [2.24, 2.45) is 0 Å². The number of hydrogen-bond acceptors (Lipinski definition) is 5. The zero-order chi connectivity index (χ0) is 12.4. The molecular formula is C12H14N2O2S. The fraction of sp³-hybridized carbons (Fsp3) is 0.250. The van der Waals surface area contributed by atoms with Crippen molar-refractivity contribution in [1.82, 2.24) is 4.98 Å². The number of hydrogen-bond donors (Lipinski definition) is 1. The molecule has 1 heterocycles. The second kappa shape index (κ2) is 4.63. The van der Waals surface area contributed by atoms with Gasteiger partial charge in [0.25, 0.3) is 0 Å². The maximum atomic E-state index is 5.89. The van der Waals surface area contributed by atoms with E-state index in [0.29, 0.717) is 17.2 Å². The summed E-state index contributed by atoms with van der Waals surface area (Å²) in [4.78, 5) is 4.43. The predicted molar refractivity (Wildman–Crippen MR) is 69.8 cm³/mol. The minimum absolute atomic E-state index is 0.578. The number of nitrogen functional groups attached to an aromatic ring is 1. The van der Waals surface area contributed by atoms with E-state index in [0.717, 1.165) is 16.3 Å². The second-order valence-corrected chi connectivity index (χ2v) is 4.61. The number of nitrogens with zero attached hydrogens (tertiary/aromatic N) is 1. The quantitative estimate of drug-likeness (QED) is 0.851. The molecule has 1 aromatic heterocycles. The summed E-state index contributed by atoms with van der Waals surface area (Å²) in [7, 11) is 3.20. The lowest BCUT2D eigenvalue weighted by Crippen LogP contribution is -1.96. The first-order chi connectivity index (χ1) is 8.15. The second-order valence-electron chi connectivity index (χ2n) is 3.55. The van der Waals surface area contributed by atoms with E-state index in [1.54, 1.807) is 31.6 Å². The van der Waals surface area contributed by atoms with Gasteiger partial charge in [-0.05, 0) is 13.0 Å². The summed E-state index contributed by atoms with van der Waals surface area (Å²) in [6.07, 6.45) is 0. The molecule has 2 N–H and O–H groups in total. The van der Waals surface area contributed by atoms with Gasteiger partial charge in [0.2, 0.25) is 0 Å². The first kappa shape index (κ1) is 11.7. The molecule has 4 nitrogen and oxygen atoms in total. The van der Waals surface area contributed by atoms with Crippen molar-refractivity contribution in [2.75, 3.05) is 20.0 Å². The molecule has 2 rings (SSSR count). The van der Waals surface area contributed by atoms with Gasteiger partial charge in [-0.1, -0.05) is 0 Å². The maximum absolute atomic E-state index is 5.89. The van der Waals surface area contributed by atoms with Gasteiger partial charge in [0.1, 0.15) is 11.5 Å². The van der Waals surface area contributed by atoms with Crippen LogP contribution < -0.4 is 15.2 Å². The van der Waals surface area contributed by atoms with Crippen LogP contribution >= 0.6 is 11.3 Å². The Kier molecular flexibility index (Phi) is 3.19. The molecule has 0 bridgehead atoms. The van der Waals surface area contributed by atoms with Crippen molar-refractivity contribution in [1.29, 1.82) is 0 Å². The van der Waals surface area contributed by atoms with E-state index in [2.05, 4.69) is 4.98 Å². The van der Waals surface area contributed by atoms with Crippen LogP contribution in [0.5, 0.6) is 11.5 Å². The third kappa shape index (κ3) is 2.19. The molecule has 0 aliphatic heterocycles. The summed E-state index contributed by atoms with van der Waals surface area (Å²) >= 11 is 1.60. The highest BCUT2D eigenvalue weighted by Crippen LogP contribution is 2.37. The first-order valence-corrected chi connectivity index (χ1v) is 5.97. The number of methoxy groups -OCH3 is 2. The lowest BCUT2D eigenvalue weighted by molar-refractivity contribution is 0.396. The summed E-state index contributed by atoms with van der Waals surface area (Å²) in [5.74, 6) is 1.32. The fourth-order valence-corrected chi connectivity index (χ4v) is 2.22. The van der Waals surface area contributed by atoms with E-state index in [-0.39, 0.29) is 0 Å². The number of nitrogens with two attached hydrogens (primary N) is 1. The Labute approximate surface area is 104 Å². The summed E-state index contributed by atoms with van der Waals surface area (Å²) in [6, 6.07) is 3.60. The lowest BCUT2D eigenvalue weighted by Gasteiger charge is -2.11. The van der Waals surface area contributed by atoms with Gasteiger partial charge in [0, 0.05) is 17.0 Å². The Balaban J connectivity index is 2.57. The number of aromatic nitrogens is 1. The summed E-state index contributed by atoms with van der Waals surface area (Å²) in [5.41, 5.74) is 8.23. The van der Waals surface area contributed by atoms with Crippen molar-refractivity contribution < 1.29 is 9.47 Å². The lowest BCUT2D eigenvalue weighted by atomic mass is 10.1. The monoisotopic (exact) mass is 250 g/mol. The van der Waals surface area contributed by atoms with Crippen LogP contribution in [0.1, 0.15) is 5.01 Å². The van der Waals surface area contributed by atoms with E-state index >= 15 is 0 Å². The highest BCUT2D eigenvalue weighted by molar-refractivity contribution is 7.09. The molecule has 90 valence electrons. The Morgan fingerprint density at radius 1 is 1.18 bits per heavy atom. The van der Waals surface area contributed by atoms with E-state index in [1.165, 1.54) is 0 Å². The zero-order valence-corrected chi connectivity index (χ0v) is 10.8. The summed E-state index contributed by atoms with van der Waals surface area (Å²) in [6.45, 7) is 1.97. The number of aryl methyl sites for hydroxylation is 1. The van der Waals surface area contributed by atoms with E-state index in [9.17, 15) is 0 Å². The van der Waals surface area contributed by atoms with Gasteiger partial charge < -0.3 is 15.2 Å². The third-order valence-corrected chi connectivity index (χ3v) is 3.22. The largest absolute Gasteiger partial charge is 0.496 e. The highest BCUT2D eigenvalue weighted by atomic mass is 32.1. The number of anilines is 1. The molecule has 1 aromatic carbocycles. The van der Waals surface area contributed by atoms with Crippen LogP contribution in [0.3, 0.4) is 0 Å². The van der Waals surface area contributed by atoms with Gasteiger partial charge in [-0.3, -0.25) is 0 Å². The van der Waals surface area contributed by atoms with Crippen LogP contribution in [0.25, 0.3) is 11.3 Å². The maximum Gasteiger partial charge on any atom is 0.145 e. The molecule has 2 aromatic rings. The smallest absolute Gasteiger partial charge is 0.145 e. The molecule has 0 unspecified atom stereocenters. The molecule has 17 heavy (non-hydrogen) atoms. The Morgan fingerprint density at radius 2 is 1.88 bits per heavy atom. The van der Waals surface area contributed by atoms with Crippen molar-refractivity contribution in [3.63, 3.8) is 0 Å². The SMILES string of the molecule is COc1cc(OC)c(-c2csc(C)n2)cc1N. The average molecular weight is 250 g/mol. The normalized spacial score (nSPS) is 10.3. The van der Waals surface area contributed by atoms with E-state index in [1.807, 2.05) is 18.4 Å². The molecule has 0 aliphatic carbocycles. The van der Waals surface area contributed by atoms with Gasteiger partial charge in [0.15, 0.2) is 0 Å². The molecule has 0 atom stereocenters. The van der Waals surface area contributed by atoms with E-state index in [4.69, 9.17) is 15.2 Å². The van der Waals surface area contributed by atoms with Crippen LogP contribution in [0.2, 0.25) is 0 Å². The van der Waals surface area contributed by atoms with Gasteiger partial charge >= 0.3 is 0 Å². The van der Waals surface area contributed by atoms with Crippen LogP contribution in [0, 0.1) is 6.92 Å². The fourth-order valence-electron chi connectivity index (χ4n) is 1.61. The number of ether oxygens (including phenoxy) is 2. The predicted octanol–water partition coefficient (Wildman–Crippen LogP) is 2.72. The standard InChI is InChI=1S/C12H14N2O2S/c1-7-14-10(6-17-7)8-4-9(13)12(16-3)5-11(8)15-2/h4-6H,13H2,1-3H3. The summed E-state index contributed by atoms with van der Waals surface area (Å²) < 4.78 is 10.5. The summed E-state index contributed by atoms with van der Waals surface area (Å²) in [5, 5.41) is 3.00. The van der Waals surface area contributed by atoms with Crippen LogP contribution in [-0.4, -0.2) is 19.2 Å². The van der Waals surface area contributed by atoms with Gasteiger partial charge in [0.05, 0.1) is 30.6 Å². The topological polar surface area (TPSA) is 57.4 Å². The van der Waals surface area contributed by atoms with Crippen LogP contribution in [0.15, 0.2) is 17.5 Å². The highest BCUT2D eigenvalue weighted by Gasteiger charge is 2.13. The molecule has 0 amide bonds. The Bertz CT molecular complexity index is 537. The molecule has 0 spiro atoms. The molecular weight excluding hydrogens is 236 g/mol. The van der Waals surface area contributed by atoms with Gasteiger partial charge in [-0.2, -0.15) is 0 Å². The average Bonchev–Trinajstić information content (AvgIpc) is 2.75. The first-order valence-electron chi connectivity index (χ1n) is 5.09. The molecule has 0 aliphatic rings. The van der Waals surface area contributed by atoms with Crippen molar-refractivity contribution in [2.45, 2.75) is 6.92 Å². The Morgan fingerprint density at radius 3 is 2.41 bits per heavy atom. The molecule has 0 saturated carbocycles. The zero-order valence-electron chi connectivity index (χ0n) is 9.98. The van der Waals surface area contributed by atoms with Gasteiger partial charge in [-0.25, -0.2) is 4.98 Å². The van der Waals surface area contributed by atoms with Crippen LogP contribution in [-0.2, 0) is 0 Å². The number of rotatable bonds is 3. The Hall–Kier alpha value is -1.75. The number of thiazole rings is 1.